The minimum Gasteiger partial charge on any atom is -0.399 e. The van der Waals surface area contributed by atoms with Gasteiger partial charge in [0.25, 0.3) is 0 Å². The molecule has 0 unspecified atom stereocenters. The number of anilines is 8. The normalized spacial score (nSPS) is 18.4. The molecule has 0 spiro atoms. The first kappa shape index (κ1) is 103. The van der Waals surface area contributed by atoms with Crippen LogP contribution in [0.3, 0.4) is 0 Å². The van der Waals surface area contributed by atoms with Crippen LogP contribution in [0, 0.1) is 0 Å². The highest BCUT2D eigenvalue weighted by molar-refractivity contribution is 8.20. The molecule has 0 bridgehead atoms. The molecule has 36 nitrogen and oxygen atoms in total. The minimum absolute atomic E-state index is 0.00908. The molecule has 2 N–H and O–H groups in total. The zero-order valence-corrected chi connectivity index (χ0v) is 85.5. The van der Waals surface area contributed by atoms with E-state index in [-0.39, 0.29) is 110 Å². The van der Waals surface area contributed by atoms with Gasteiger partial charge in [-0.25, -0.2) is 59.8 Å². The summed E-state index contributed by atoms with van der Waals surface area (Å²) in [5.74, 6) is 4.16. The molecular weight excluding hydrogens is 2010 g/mol. The highest BCUT2D eigenvalue weighted by atomic mass is 32.2. The molecule has 7 saturated heterocycles. The molecule has 23 rings (SSSR count). The number of aromatic nitrogens is 16. The Labute approximate surface area is 880 Å². The second kappa shape index (κ2) is 48.3. The van der Waals surface area contributed by atoms with E-state index in [4.69, 9.17) is 10.3 Å². The smallest absolute Gasteiger partial charge is 0.230 e. The summed E-state index contributed by atoms with van der Waals surface area (Å²) in [4.78, 5) is 219. The second-order valence-electron chi connectivity index (χ2n) is 35.1. The van der Waals surface area contributed by atoms with Crippen molar-refractivity contribution in [3.63, 3.8) is 0 Å². The van der Waals surface area contributed by atoms with Gasteiger partial charge in [-0.2, -0.15) is 4.98 Å². The SMILES string of the molecule is CCCCN(C)c1nccc(/C=C2\SC(=O)CC2=O)n1.CN(c1ccncc1)c1nccc(/C=C2\SC(=O)CC2=O)n1.Nc1ccc2c(c1)CN(c1nccc(/C=C3\SC(=O)CC3=O)n1)CC2.O=C1CC(=O)/C(=C/c2ccnc(N3C=Cc4ccccc4C3)n2)S1.O=C1CC(=O)/C(=C/c2ccnc(N3CCC(c4nc(-c5ccncc5)no4)CC3)n2)S1.O=C1CC(=O)/C(=C/c2ccnc(N3CCC4=C(C3)c3ccccc3C4)n2)S1. The van der Waals surface area contributed by atoms with Crippen LogP contribution in [0.5, 0.6) is 0 Å². The Morgan fingerprint density at radius 3 is 1.33 bits per heavy atom. The van der Waals surface area contributed by atoms with Crippen molar-refractivity contribution in [2.24, 2.45) is 0 Å². The van der Waals surface area contributed by atoms with E-state index >= 15 is 0 Å². The van der Waals surface area contributed by atoms with E-state index in [0.717, 1.165) is 172 Å². The van der Waals surface area contributed by atoms with Crippen LogP contribution in [0.2, 0.25) is 0 Å². The largest absolute Gasteiger partial charge is 0.399 e. The monoisotopic (exact) mass is 2100 g/mol. The van der Waals surface area contributed by atoms with E-state index in [0.29, 0.717) is 124 Å². The number of pyridine rings is 2. The van der Waals surface area contributed by atoms with Crippen LogP contribution in [-0.2, 0) is 83.5 Å². The van der Waals surface area contributed by atoms with Crippen molar-refractivity contribution >= 4 is 231 Å². The molecule has 0 saturated carbocycles. The molecule has 19 heterocycles. The van der Waals surface area contributed by atoms with Crippen LogP contribution in [0.1, 0.15) is 157 Å². The summed E-state index contributed by atoms with van der Waals surface area (Å²) in [5.41, 5.74) is 22.8. The van der Waals surface area contributed by atoms with E-state index in [9.17, 15) is 57.5 Å². The highest BCUT2D eigenvalue weighted by Gasteiger charge is 2.35. The number of benzene rings is 3. The van der Waals surface area contributed by atoms with Crippen molar-refractivity contribution in [2.75, 3.05) is 88.5 Å². The molecule has 42 heteroatoms. The third-order valence-corrected chi connectivity index (χ3v) is 30.3. The first-order chi connectivity index (χ1) is 72.3. The van der Waals surface area contributed by atoms with E-state index in [2.05, 4.69) is 144 Å². The molecule has 12 aromatic rings. The number of ketones is 6. The molecule has 0 amide bonds. The van der Waals surface area contributed by atoms with Crippen molar-refractivity contribution in [1.29, 1.82) is 0 Å². The fourth-order valence-electron chi connectivity index (χ4n) is 17.0. The molecule has 7 fully saturated rings. The number of nitrogen functional groups attached to an aromatic ring is 1. The summed E-state index contributed by atoms with van der Waals surface area (Å²) in [6.45, 7) is 8.44. The van der Waals surface area contributed by atoms with E-state index < -0.39 is 0 Å². The van der Waals surface area contributed by atoms with Gasteiger partial charge in [0.2, 0.25) is 78.1 Å². The van der Waals surface area contributed by atoms with Crippen molar-refractivity contribution in [3.05, 3.63) is 304 Å². The fraction of sp³-hybridized carbons (Fsp3) is 0.234. The molecule has 149 heavy (non-hydrogen) atoms. The number of carbonyl (C=O) groups is 12. The Morgan fingerprint density at radius 1 is 0.403 bits per heavy atom. The summed E-state index contributed by atoms with van der Waals surface area (Å²) in [6.07, 6.45) is 37.5. The number of nitrogens with zero attached hydrogens (tertiary/aromatic N) is 22. The third-order valence-electron chi connectivity index (χ3n) is 24.6. The van der Waals surface area contributed by atoms with Crippen molar-refractivity contribution in [2.45, 2.75) is 109 Å². The number of carbonyl (C=O) groups excluding carboxylic acids is 12. The average molecular weight is 2100 g/mol. The number of unbranched alkanes of at least 4 members (excludes halogenated alkanes) is 1. The first-order valence-electron chi connectivity index (χ1n) is 47.6. The lowest BCUT2D eigenvalue weighted by molar-refractivity contribution is -0.120. The van der Waals surface area contributed by atoms with E-state index in [1.54, 1.807) is 135 Å². The third kappa shape index (κ3) is 26.8. The summed E-state index contributed by atoms with van der Waals surface area (Å²) < 4.78 is 5.51. The maximum absolute atomic E-state index is 11.9. The number of piperidine rings is 1. The molecule has 1 aliphatic carbocycles. The molecule has 0 atom stereocenters. The van der Waals surface area contributed by atoms with Crippen LogP contribution < -0.4 is 35.1 Å². The van der Waals surface area contributed by atoms with Gasteiger partial charge >= 0.3 is 0 Å². The predicted octanol–water partition coefficient (Wildman–Crippen LogP) is 15.9. The molecule has 750 valence electrons. The lowest BCUT2D eigenvalue weighted by Gasteiger charge is -2.30. The van der Waals surface area contributed by atoms with Gasteiger partial charge in [0, 0.05) is 151 Å². The predicted molar refractivity (Wildman–Crippen MR) is 577 cm³/mol. The Kier molecular flexibility index (Phi) is 33.4. The van der Waals surface area contributed by atoms with Gasteiger partial charge in [-0.3, -0.25) is 67.5 Å². The summed E-state index contributed by atoms with van der Waals surface area (Å²) in [5, 5.41) is 3.42. The fourth-order valence-corrected chi connectivity index (χ4v) is 21.8. The van der Waals surface area contributed by atoms with E-state index in [1.807, 2.05) is 89.6 Å². The van der Waals surface area contributed by atoms with Gasteiger partial charge in [0.15, 0.2) is 34.7 Å². The minimum atomic E-state index is -0.155. The Bertz CT molecular complexity index is 7580. The number of thioether (sulfide) groups is 6. The van der Waals surface area contributed by atoms with Crippen LogP contribution in [0.25, 0.3) is 59.5 Å². The van der Waals surface area contributed by atoms with Gasteiger partial charge in [-0.15, -0.1) is 0 Å². The van der Waals surface area contributed by atoms with E-state index in [1.165, 1.54) is 44.5 Å². The van der Waals surface area contributed by atoms with Gasteiger partial charge in [0.05, 0.1) is 109 Å². The molecule has 0 radical (unpaired) electrons. The number of hydrogen-bond donors (Lipinski definition) is 1. The first-order valence-corrected chi connectivity index (χ1v) is 52.5. The Morgan fingerprint density at radius 2 is 0.832 bits per heavy atom. The lowest BCUT2D eigenvalue weighted by atomic mass is 9.97. The van der Waals surface area contributed by atoms with Crippen LogP contribution >= 0.6 is 70.6 Å². The van der Waals surface area contributed by atoms with Crippen LogP contribution in [-0.4, -0.2) is 199 Å². The van der Waals surface area contributed by atoms with Crippen LogP contribution in [0.15, 0.2) is 235 Å². The van der Waals surface area contributed by atoms with Gasteiger partial charge < -0.3 is 39.7 Å². The van der Waals surface area contributed by atoms with Crippen molar-refractivity contribution in [1.82, 2.24) is 79.9 Å². The number of fused-ring (bicyclic) bond motifs is 4. The van der Waals surface area contributed by atoms with Crippen molar-refractivity contribution in [3.8, 4) is 11.4 Å². The van der Waals surface area contributed by atoms with Gasteiger partial charge in [-0.05, 0) is 263 Å². The number of rotatable bonds is 18. The zero-order chi connectivity index (χ0) is 104. The number of Topliss-reactive ketones (excluding diaryl/α,β-unsaturated/α-hetero) is 6. The molecular formula is C107H93N23O13S6. The molecule has 3 aromatic carbocycles. The average Bonchev–Trinajstić information content (AvgIpc) is 1.62. The van der Waals surface area contributed by atoms with Crippen molar-refractivity contribution < 1.29 is 62.1 Å². The lowest BCUT2D eigenvalue weighted by Crippen LogP contribution is -2.34. The summed E-state index contributed by atoms with van der Waals surface area (Å²) in [6, 6.07) is 40.6. The number of allylic oxidation sites excluding steroid dienone is 6. The maximum Gasteiger partial charge on any atom is 0.230 e. The second-order valence-corrected chi connectivity index (χ2v) is 41.7. The van der Waals surface area contributed by atoms with Crippen LogP contribution in [0.4, 0.5) is 47.1 Å². The standard InChI is InChI=1S/C21H18N6O3S.C21H17N3O2S.C18H16N4O2S.C18H13N3O2S.C15H12N4O2S.C14H17N3O2S/c28-16-12-18(29)31-17(16)11-15-3-8-23-21(24-15)27-9-4-14(5-10-27)20-25-19(26-30-20)13-1-6-22-7-2-13;25-18-11-20(26)27-19(18)10-15-5-7-22-21(23-15)24-8-6-14-9-13-3-1-2-4-16(13)17(14)12-24;19-13-2-1-11-4-6-22(10-12(11)7-13)18-20-5-3-14(21-18)8-16-15(23)9-17(24)25-16;22-15-10-17(23)24-16(15)9-14-5-7-19-18(20-14)21-8-6-12-3-1-2-4-13(12)11-21;1-19(11-3-5-16-6-4-11)15-17-7-2-10(18-15)8-13-12(20)9-14(21)22-13;1-3-4-7-17(2)14-15-6-5-10(16-14)8-12-11(18)9-13(19)20-12/h1-3,6-8,11,14H,4-5,9-10,12H2;1-5,7,10H,6,8-9,11-12H2;1-3,5,7-8H,4,6,9-10,19H2;1-9H,10-11H2;2-8H,9H2,1H3;5-6,8H,3-4,7,9H2,1-2H3/b17-11-;19-10-;16-8-;16-9-;13-8-;12-8-. The van der Waals surface area contributed by atoms with Gasteiger partial charge in [-0.1, -0.05) is 78.7 Å². The molecule has 11 aliphatic rings. The zero-order valence-electron chi connectivity index (χ0n) is 80.6. The summed E-state index contributed by atoms with van der Waals surface area (Å²) >= 11 is 5.92. The van der Waals surface area contributed by atoms with Gasteiger partial charge in [0.1, 0.15) is 0 Å². The number of nitrogens with two attached hydrogens (primary N) is 1. The summed E-state index contributed by atoms with van der Waals surface area (Å²) in [7, 11) is 3.79. The Hall–Kier alpha value is -15.8. The maximum atomic E-state index is 11.9. The molecule has 10 aliphatic heterocycles. The number of hydrogen-bond acceptors (Lipinski definition) is 42. The topological polar surface area (TPSA) is 470 Å². The quantitative estimate of drug-likeness (QED) is 0.0473. The Balaban J connectivity index is 0.000000117. The highest BCUT2D eigenvalue weighted by Crippen LogP contribution is 2.42. The molecule has 9 aromatic heterocycles.